The highest BCUT2D eigenvalue weighted by molar-refractivity contribution is 7.22. The molecule has 10 rings (SSSR count). The lowest BCUT2D eigenvalue weighted by Crippen LogP contribution is -2.40. The van der Waals surface area contributed by atoms with E-state index in [-0.39, 0.29) is 32.7 Å². The number of nitrogens with one attached hydrogen (secondary N) is 2. The smallest absolute Gasteiger partial charge is 0.416 e. The normalized spacial score (nSPS) is 13.8. The first-order valence-electron chi connectivity index (χ1n) is 24.3. The van der Waals surface area contributed by atoms with Gasteiger partial charge in [-0.05, 0) is 110 Å². The maximum atomic E-state index is 13.1. The van der Waals surface area contributed by atoms with Gasteiger partial charge in [-0.3, -0.25) is 4.79 Å². The van der Waals surface area contributed by atoms with Gasteiger partial charge in [-0.15, -0.1) is 34.0 Å². The number of thiophene rings is 3. The summed E-state index contributed by atoms with van der Waals surface area (Å²) < 4.78 is 122. The molecule has 444 valence electrons. The number of carboxylic acids is 2. The molecule has 3 atom stereocenters. The van der Waals surface area contributed by atoms with Crippen LogP contribution in [0.5, 0.6) is 0 Å². The van der Waals surface area contributed by atoms with Crippen molar-refractivity contribution in [2.45, 2.75) is 57.4 Å². The van der Waals surface area contributed by atoms with Gasteiger partial charge < -0.3 is 53.4 Å². The molecule has 1 fully saturated rings. The number of aromatic carboxylic acids is 2. The molecule has 1 aliphatic heterocycles. The summed E-state index contributed by atoms with van der Waals surface area (Å²) in [7, 11) is 0. The van der Waals surface area contributed by atoms with E-state index >= 15 is 0 Å². The number of morpholine rings is 1. The zero-order valence-corrected chi connectivity index (χ0v) is 46.9. The van der Waals surface area contributed by atoms with Crippen molar-refractivity contribution in [3.8, 4) is 0 Å². The molecule has 3 aromatic carbocycles. The van der Waals surface area contributed by atoms with E-state index in [1.807, 2.05) is 0 Å². The number of hydrogen-bond acceptors (Lipinski definition) is 19. The molecule has 0 unspecified atom stereocenters. The Bertz CT molecular complexity index is 3860. The second-order valence-electron chi connectivity index (χ2n) is 18.3. The fraction of sp³-hybridized carbons (Fsp3) is 0.250. The Morgan fingerprint density at radius 3 is 1.30 bits per heavy atom. The maximum Gasteiger partial charge on any atom is 0.416 e. The van der Waals surface area contributed by atoms with Gasteiger partial charge in [0, 0.05) is 36.2 Å². The van der Waals surface area contributed by atoms with Crippen LogP contribution in [-0.4, -0.2) is 89.2 Å². The zero-order valence-electron chi connectivity index (χ0n) is 43.7. The standard InChI is InChI=1S/C20H20F3N5O2S.C16H13F3N4O2S.C9H11F3N2.C7H3ClN2O2S/c1-11(12-6-13(20(21,22)23)8-14(24)7-12)27-18-17-15(25-10-26-18)9-16(31-17)19(29)28-2-4-30-5-3-28;1-7(8-2-9(16(17,18)19)4-10(20)3-8)23-14-13-11(21-6-22-14)5-12(26-13)15(24)25;1-5(13)6-2-7(9(10,11)12)4-8(14)3-6;8-6-5-3(9-2-10-6)1-4(13-5)7(11)12/h6-11H,2-5,24H2,1H3,(H,25,26,27);2-7H,20H2,1H3,(H,24,25)(H,21,22,23);2-5H,13-14H2,1H3;1-2H,(H,11,12)/t11-;7-;5-;/m111./s1. The van der Waals surface area contributed by atoms with Gasteiger partial charge >= 0.3 is 30.5 Å². The van der Waals surface area contributed by atoms with E-state index in [2.05, 4.69) is 40.5 Å². The number of carbonyl (C=O) groups excluding carboxylic acids is 1. The van der Waals surface area contributed by atoms with Gasteiger partial charge in [0.1, 0.15) is 45.5 Å². The number of anilines is 5. The first-order valence-corrected chi connectivity index (χ1v) is 27.1. The van der Waals surface area contributed by atoms with E-state index in [0.717, 1.165) is 59.1 Å². The van der Waals surface area contributed by atoms with Crippen molar-refractivity contribution in [1.82, 2.24) is 34.8 Å². The Kier molecular flexibility index (Phi) is 19.7. The summed E-state index contributed by atoms with van der Waals surface area (Å²) in [5.74, 6) is -1.37. The van der Waals surface area contributed by atoms with Gasteiger partial charge in [0.05, 0.1) is 77.5 Å². The third-order valence-corrected chi connectivity index (χ3v) is 15.7. The van der Waals surface area contributed by atoms with Gasteiger partial charge in [-0.2, -0.15) is 39.5 Å². The molecular formula is C52H47ClF9N13O6S3. The van der Waals surface area contributed by atoms with Crippen LogP contribution in [0, 0.1) is 0 Å². The number of nitrogen functional groups attached to an aromatic ring is 3. The predicted octanol–water partition coefficient (Wildman–Crippen LogP) is 12.5. The maximum absolute atomic E-state index is 13.1. The molecule has 6 aromatic heterocycles. The molecule has 1 amide bonds. The molecule has 1 saturated heterocycles. The number of ether oxygens (including phenoxy) is 1. The molecule has 1 aliphatic rings. The van der Waals surface area contributed by atoms with Crippen LogP contribution in [0.15, 0.2) is 91.8 Å². The minimum Gasteiger partial charge on any atom is -0.477 e. The Morgan fingerprint density at radius 1 is 0.548 bits per heavy atom. The monoisotopic (exact) mass is 1250 g/mol. The Labute approximate surface area is 486 Å². The predicted molar refractivity (Wildman–Crippen MR) is 302 cm³/mol. The molecule has 9 aromatic rings. The molecule has 84 heavy (non-hydrogen) atoms. The average molecular weight is 1250 g/mol. The number of carboxylic acid groups (broad SMARTS) is 2. The quantitative estimate of drug-likeness (QED) is 0.0358. The van der Waals surface area contributed by atoms with Gasteiger partial charge in [-0.1, -0.05) is 11.6 Å². The Morgan fingerprint density at radius 2 is 0.905 bits per heavy atom. The number of nitrogens with two attached hydrogens (primary N) is 4. The van der Waals surface area contributed by atoms with Crippen LogP contribution in [0.2, 0.25) is 5.15 Å². The number of carbonyl (C=O) groups is 3. The van der Waals surface area contributed by atoms with E-state index in [1.165, 1.54) is 60.7 Å². The fourth-order valence-corrected chi connectivity index (χ4v) is 10.9. The summed E-state index contributed by atoms with van der Waals surface area (Å²) in [5.41, 5.74) is 22.5. The van der Waals surface area contributed by atoms with Crippen LogP contribution >= 0.6 is 45.6 Å². The van der Waals surface area contributed by atoms with Crippen LogP contribution in [0.3, 0.4) is 0 Å². The van der Waals surface area contributed by atoms with E-state index < -0.39 is 65.3 Å². The molecule has 12 N–H and O–H groups in total. The highest BCUT2D eigenvalue weighted by Gasteiger charge is 2.34. The van der Waals surface area contributed by atoms with Gasteiger partial charge in [0.2, 0.25) is 0 Å². The highest BCUT2D eigenvalue weighted by atomic mass is 35.5. The Balaban J connectivity index is 0.000000171. The largest absolute Gasteiger partial charge is 0.477 e. The first-order chi connectivity index (χ1) is 39.4. The summed E-state index contributed by atoms with van der Waals surface area (Å²) in [6, 6.07) is 13.2. The molecule has 0 saturated carbocycles. The topological polar surface area (TPSA) is 310 Å². The van der Waals surface area contributed by atoms with Crippen LogP contribution < -0.4 is 33.6 Å². The number of amides is 1. The lowest BCUT2D eigenvalue weighted by Gasteiger charge is -2.26. The van der Waals surface area contributed by atoms with Crippen molar-refractivity contribution < 1.29 is 68.8 Å². The average Bonchev–Trinajstić information content (AvgIpc) is 4.01. The summed E-state index contributed by atoms with van der Waals surface area (Å²) in [4.78, 5) is 61.3. The third-order valence-electron chi connectivity index (χ3n) is 12.0. The number of aromatic nitrogens is 6. The van der Waals surface area contributed by atoms with Crippen LogP contribution in [0.25, 0.3) is 30.6 Å². The molecule has 0 aliphatic carbocycles. The van der Waals surface area contributed by atoms with Crippen molar-refractivity contribution >= 4 is 123 Å². The minimum atomic E-state index is -4.50. The highest BCUT2D eigenvalue weighted by Crippen LogP contribution is 2.38. The summed E-state index contributed by atoms with van der Waals surface area (Å²) in [6.07, 6.45) is -9.45. The van der Waals surface area contributed by atoms with Crippen molar-refractivity contribution in [2.24, 2.45) is 5.73 Å². The molecule has 32 heteroatoms. The molecule has 0 radical (unpaired) electrons. The summed E-state index contributed by atoms with van der Waals surface area (Å²) >= 11 is 9.05. The number of halogens is 10. The van der Waals surface area contributed by atoms with Crippen LogP contribution in [-0.2, 0) is 23.3 Å². The first kappa shape index (κ1) is 63.4. The number of nitrogens with zero attached hydrogens (tertiary/aromatic N) is 7. The zero-order chi connectivity index (χ0) is 61.6. The lowest BCUT2D eigenvalue weighted by molar-refractivity contribution is -0.138. The molecule has 19 nitrogen and oxygen atoms in total. The molecule has 0 spiro atoms. The summed E-state index contributed by atoms with van der Waals surface area (Å²) in [5, 5.41) is 24.2. The molecule has 0 bridgehead atoms. The number of rotatable bonds is 10. The van der Waals surface area contributed by atoms with Crippen LogP contribution in [0.1, 0.15) is 101 Å². The SMILES string of the molecule is C[C@@H](N)c1cc(N)cc(C(F)(F)F)c1.C[C@@H](Nc1ncnc2cc(C(=O)N3CCOCC3)sc12)c1cc(N)cc(C(F)(F)F)c1.C[C@@H](Nc1ncnc2cc(C(=O)O)sc12)c1cc(N)cc(C(F)(F)F)c1.O=C(O)c1cc2ncnc(Cl)c2s1. The third kappa shape index (κ3) is 16.1. The van der Waals surface area contributed by atoms with E-state index in [1.54, 1.807) is 31.7 Å². The second kappa shape index (κ2) is 26.1. The van der Waals surface area contributed by atoms with Gasteiger partial charge in [0.25, 0.3) is 5.91 Å². The van der Waals surface area contributed by atoms with E-state index in [4.69, 9.17) is 49.5 Å². The number of alkyl halides is 9. The Hall–Kier alpha value is -8.23. The number of benzene rings is 3. The fourth-order valence-electron chi connectivity index (χ4n) is 7.84. The van der Waals surface area contributed by atoms with E-state index in [0.29, 0.717) is 95.3 Å². The van der Waals surface area contributed by atoms with E-state index in [9.17, 15) is 53.9 Å². The van der Waals surface area contributed by atoms with Gasteiger partial charge in [-0.25, -0.2) is 39.5 Å². The summed E-state index contributed by atoms with van der Waals surface area (Å²) in [6.45, 7) is 7.04. The number of hydrogen-bond donors (Lipinski definition) is 8. The van der Waals surface area contributed by atoms with Crippen molar-refractivity contribution in [1.29, 1.82) is 0 Å². The minimum absolute atomic E-state index is 0.000552. The van der Waals surface area contributed by atoms with Crippen LogP contribution in [0.4, 0.5) is 68.2 Å². The van der Waals surface area contributed by atoms with Crippen molar-refractivity contribution in [3.63, 3.8) is 0 Å². The molecular weight excluding hydrogens is 1210 g/mol. The van der Waals surface area contributed by atoms with Crippen molar-refractivity contribution in [2.75, 3.05) is 54.1 Å². The lowest BCUT2D eigenvalue weighted by atomic mass is 10.0. The van der Waals surface area contributed by atoms with Gasteiger partial charge in [0.15, 0.2) is 0 Å². The molecule has 7 heterocycles. The second-order valence-corrected chi connectivity index (χ2v) is 21.8. The van der Waals surface area contributed by atoms with Crippen molar-refractivity contribution in [3.05, 3.63) is 145 Å². The number of fused-ring (bicyclic) bond motifs is 3.